The molecule has 6 aromatic carbocycles. The predicted octanol–water partition coefficient (Wildman–Crippen LogP) is 9.33. The van der Waals surface area contributed by atoms with Gasteiger partial charge in [-0.1, -0.05) is 48.0 Å². The lowest BCUT2D eigenvalue weighted by Crippen LogP contribution is -2.31. The van der Waals surface area contributed by atoms with E-state index in [0.29, 0.717) is 44.8 Å². The number of aromatic nitrogens is 1. The molecule has 0 saturated heterocycles. The van der Waals surface area contributed by atoms with E-state index in [1.165, 1.54) is 4.90 Å². The number of carbonyl (C=O) groups is 2. The lowest BCUT2D eigenvalue weighted by Gasteiger charge is -2.20. The van der Waals surface area contributed by atoms with Gasteiger partial charge in [-0.3, -0.25) is 9.59 Å². The highest BCUT2D eigenvalue weighted by Gasteiger charge is 2.40. The molecule has 8 heteroatoms. The number of amides is 2. The van der Waals surface area contributed by atoms with Crippen LogP contribution in [0.1, 0.15) is 59.7 Å². The lowest BCUT2D eigenvalue weighted by molar-refractivity contribution is 0.0925. The van der Waals surface area contributed by atoms with Gasteiger partial charge >= 0.3 is 0 Å². The number of hydrogen-bond donors (Lipinski definition) is 0. The van der Waals surface area contributed by atoms with Crippen LogP contribution >= 0.6 is 0 Å². The lowest BCUT2D eigenvalue weighted by atomic mass is 9.98. The van der Waals surface area contributed by atoms with Crippen molar-refractivity contribution in [3.05, 3.63) is 153 Å². The number of nitriles is 4. The molecule has 0 unspecified atom stereocenters. The van der Waals surface area contributed by atoms with Crippen molar-refractivity contribution in [2.75, 3.05) is 4.90 Å². The van der Waals surface area contributed by atoms with Gasteiger partial charge in [-0.25, -0.2) is 4.90 Å². The van der Waals surface area contributed by atoms with Crippen LogP contribution in [0.25, 0.3) is 49.7 Å². The van der Waals surface area contributed by atoms with Crippen LogP contribution in [-0.4, -0.2) is 16.4 Å². The number of aryl methyl sites for hydroxylation is 3. The largest absolute Gasteiger partial charge is 0.308 e. The summed E-state index contributed by atoms with van der Waals surface area (Å²) >= 11 is 0. The first kappa shape index (κ1) is 32.4. The quantitative estimate of drug-likeness (QED) is 0.170. The molecule has 1 aliphatic rings. The first-order valence-electron chi connectivity index (χ1n) is 16.7. The van der Waals surface area contributed by atoms with Gasteiger partial charge in [-0.2, -0.15) is 21.0 Å². The molecule has 0 spiro atoms. The second-order valence-corrected chi connectivity index (χ2v) is 13.2. The molecule has 0 saturated carbocycles. The number of fused-ring (bicyclic) bond motifs is 4. The minimum atomic E-state index is -0.432. The van der Waals surface area contributed by atoms with Crippen molar-refractivity contribution < 1.29 is 9.59 Å². The number of imide groups is 1. The standard InChI is InChI=1S/C45H26N6O2/c1-25-11-26(2)43(27(3)12-25)51-44(52)38-5-4-6-39(42(38)45(51)53)50-40-19-32(34-15-28(21-46)13-29(16-34)22-47)7-9-36(40)37-10-8-33(20-41(37)50)35-17-30(23-48)14-31(18-35)24-49/h4-20H,1-3H3. The van der Waals surface area contributed by atoms with Crippen molar-refractivity contribution >= 4 is 39.3 Å². The average molecular weight is 683 g/mol. The number of rotatable bonds is 4. The minimum Gasteiger partial charge on any atom is -0.308 e. The van der Waals surface area contributed by atoms with Crippen molar-refractivity contribution in [3.63, 3.8) is 0 Å². The maximum Gasteiger partial charge on any atom is 0.268 e. The third-order valence-corrected chi connectivity index (χ3v) is 9.81. The summed E-state index contributed by atoms with van der Waals surface area (Å²) < 4.78 is 1.97. The van der Waals surface area contributed by atoms with Crippen LogP contribution in [0, 0.1) is 66.1 Å². The van der Waals surface area contributed by atoms with Crippen molar-refractivity contribution in [2.45, 2.75) is 20.8 Å². The molecule has 2 heterocycles. The zero-order valence-corrected chi connectivity index (χ0v) is 28.8. The molecule has 0 fully saturated rings. The Balaban J connectivity index is 1.43. The number of benzene rings is 6. The molecular formula is C45H26N6O2. The molecule has 248 valence electrons. The van der Waals surface area contributed by atoms with Crippen LogP contribution in [0.4, 0.5) is 5.69 Å². The topological polar surface area (TPSA) is 137 Å². The molecule has 7 aromatic rings. The fourth-order valence-corrected chi connectivity index (χ4v) is 7.67. The molecule has 0 N–H and O–H groups in total. The zero-order valence-electron chi connectivity index (χ0n) is 28.8. The van der Waals surface area contributed by atoms with Crippen LogP contribution in [0.15, 0.2) is 103 Å². The van der Waals surface area contributed by atoms with Gasteiger partial charge in [0.1, 0.15) is 0 Å². The molecule has 0 bridgehead atoms. The van der Waals surface area contributed by atoms with Gasteiger partial charge in [-0.05, 0) is 115 Å². The fourth-order valence-electron chi connectivity index (χ4n) is 7.67. The molecule has 8 rings (SSSR count). The summed E-state index contributed by atoms with van der Waals surface area (Å²) in [5.41, 5.74) is 10.0. The Morgan fingerprint density at radius 1 is 0.509 bits per heavy atom. The molecule has 0 aliphatic carbocycles. The number of carbonyl (C=O) groups excluding carboxylic acids is 2. The molecular weight excluding hydrogens is 657 g/mol. The summed E-state index contributed by atoms with van der Waals surface area (Å²) in [4.78, 5) is 30.0. The molecule has 0 atom stereocenters. The van der Waals surface area contributed by atoms with E-state index in [0.717, 1.165) is 49.6 Å². The molecule has 2 amide bonds. The van der Waals surface area contributed by atoms with Gasteiger partial charge < -0.3 is 4.57 Å². The van der Waals surface area contributed by atoms with E-state index < -0.39 is 11.8 Å². The average Bonchev–Trinajstić information content (AvgIpc) is 3.63. The third kappa shape index (κ3) is 5.11. The number of hydrogen-bond acceptors (Lipinski definition) is 6. The highest BCUT2D eigenvalue weighted by Crippen LogP contribution is 2.41. The SMILES string of the molecule is Cc1cc(C)c(N2C(=O)c3cccc(-n4c5cc(-c6cc(C#N)cc(C#N)c6)ccc5c5ccc(-c6cc(C#N)cc(C#N)c6)cc54)c3C2=O)c(C)c1. The maximum atomic E-state index is 14.6. The van der Waals surface area contributed by atoms with Crippen LogP contribution in [0.3, 0.4) is 0 Å². The van der Waals surface area contributed by atoms with E-state index >= 15 is 0 Å². The van der Waals surface area contributed by atoms with Gasteiger partial charge in [-0.15, -0.1) is 0 Å². The van der Waals surface area contributed by atoms with Gasteiger partial charge in [0.05, 0.1) is 80.1 Å². The van der Waals surface area contributed by atoms with E-state index in [4.69, 9.17) is 0 Å². The second kappa shape index (κ2) is 12.2. The van der Waals surface area contributed by atoms with Crippen molar-refractivity contribution in [3.8, 4) is 52.2 Å². The fraction of sp³-hybridized carbons (Fsp3) is 0.0667. The summed E-state index contributed by atoms with van der Waals surface area (Å²) in [7, 11) is 0. The van der Waals surface area contributed by atoms with E-state index in [-0.39, 0.29) is 11.1 Å². The molecule has 0 radical (unpaired) electrons. The molecule has 1 aliphatic heterocycles. The Bertz CT molecular complexity index is 2760. The highest BCUT2D eigenvalue weighted by molar-refractivity contribution is 6.36. The third-order valence-electron chi connectivity index (χ3n) is 9.81. The summed E-state index contributed by atoms with van der Waals surface area (Å²) in [5.74, 6) is -0.836. The Hall–Kier alpha value is -7.78. The van der Waals surface area contributed by atoms with Gasteiger partial charge in [0.2, 0.25) is 0 Å². The zero-order chi connectivity index (χ0) is 37.1. The van der Waals surface area contributed by atoms with Crippen LogP contribution in [0.5, 0.6) is 0 Å². The maximum absolute atomic E-state index is 14.6. The normalized spacial score (nSPS) is 12.0. The van der Waals surface area contributed by atoms with E-state index in [9.17, 15) is 30.6 Å². The number of nitrogens with zero attached hydrogens (tertiary/aromatic N) is 6. The van der Waals surface area contributed by atoms with Gasteiger partial charge in [0.15, 0.2) is 0 Å². The first-order valence-corrected chi connectivity index (χ1v) is 16.7. The summed E-state index contributed by atoms with van der Waals surface area (Å²) in [5, 5.41) is 40.5. The summed E-state index contributed by atoms with van der Waals surface area (Å²) in [6.45, 7) is 5.77. The summed E-state index contributed by atoms with van der Waals surface area (Å²) in [6, 6.07) is 39.5. The van der Waals surface area contributed by atoms with Crippen molar-refractivity contribution in [1.29, 1.82) is 21.0 Å². The highest BCUT2D eigenvalue weighted by atomic mass is 16.2. The van der Waals surface area contributed by atoms with Crippen molar-refractivity contribution in [1.82, 2.24) is 4.57 Å². The second-order valence-electron chi connectivity index (χ2n) is 13.2. The van der Waals surface area contributed by atoms with Crippen molar-refractivity contribution in [2.24, 2.45) is 0 Å². The predicted molar refractivity (Wildman–Crippen MR) is 202 cm³/mol. The Kier molecular flexibility index (Phi) is 7.48. The van der Waals surface area contributed by atoms with E-state index in [2.05, 4.69) is 24.3 Å². The minimum absolute atomic E-state index is 0.267. The van der Waals surface area contributed by atoms with Crippen LogP contribution in [0.2, 0.25) is 0 Å². The van der Waals surface area contributed by atoms with E-state index in [1.807, 2.05) is 79.9 Å². The van der Waals surface area contributed by atoms with Gasteiger partial charge in [0, 0.05) is 10.8 Å². The Labute approximate surface area is 304 Å². The smallest absolute Gasteiger partial charge is 0.268 e. The molecule has 1 aromatic heterocycles. The monoisotopic (exact) mass is 682 g/mol. The van der Waals surface area contributed by atoms with E-state index in [1.54, 1.807) is 48.5 Å². The molecule has 53 heavy (non-hydrogen) atoms. The van der Waals surface area contributed by atoms with Crippen LogP contribution < -0.4 is 4.90 Å². The Morgan fingerprint density at radius 2 is 0.981 bits per heavy atom. The molecule has 8 nitrogen and oxygen atoms in total. The summed E-state index contributed by atoms with van der Waals surface area (Å²) in [6.07, 6.45) is 0. The number of anilines is 1. The first-order chi connectivity index (χ1) is 25.6. The Morgan fingerprint density at radius 3 is 1.43 bits per heavy atom. The van der Waals surface area contributed by atoms with Crippen LogP contribution in [-0.2, 0) is 0 Å². The van der Waals surface area contributed by atoms with Gasteiger partial charge in [0.25, 0.3) is 11.8 Å².